The van der Waals surface area contributed by atoms with Gasteiger partial charge in [0.25, 0.3) is 0 Å². The number of nitrogens with one attached hydrogen (secondary N) is 1. The summed E-state index contributed by atoms with van der Waals surface area (Å²) in [6.07, 6.45) is -1.03. The van der Waals surface area contributed by atoms with Gasteiger partial charge >= 0.3 is 6.18 Å². The van der Waals surface area contributed by atoms with Crippen LogP contribution in [-0.4, -0.2) is 38.4 Å². The molecular weight excluding hydrogens is 391 g/mol. The lowest BCUT2D eigenvalue weighted by Crippen LogP contribution is -2.31. The maximum Gasteiger partial charge on any atom is 0.416 e. The van der Waals surface area contributed by atoms with Crippen LogP contribution in [0.2, 0.25) is 0 Å². The molecular formula is C23H30F3N3O. The first kappa shape index (κ1) is 23.7. The quantitative estimate of drug-likeness (QED) is 0.538. The zero-order chi connectivity index (χ0) is 22.3. The Kier molecular flexibility index (Phi) is 8.29. The van der Waals surface area contributed by atoms with Crippen molar-refractivity contribution in [3.63, 3.8) is 0 Å². The molecule has 0 bridgehead atoms. The highest BCUT2D eigenvalue weighted by molar-refractivity contribution is 5.77. The average Bonchev–Trinajstić information content (AvgIpc) is 2.71. The van der Waals surface area contributed by atoms with Gasteiger partial charge in [0, 0.05) is 24.0 Å². The van der Waals surface area contributed by atoms with Crippen LogP contribution in [0.5, 0.6) is 0 Å². The lowest BCUT2D eigenvalue weighted by atomic mass is 9.88. The number of likely N-dealkylation sites (tertiary alicyclic amines) is 1. The van der Waals surface area contributed by atoms with E-state index in [0.29, 0.717) is 34.8 Å². The van der Waals surface area contributed by atoms with Crippen molar-refractivity contribution in [3.8, 4) is 0 Å². The van der Waals surface area contributed by atoms with Gasteiger partial charge in [0.2, 0.25) is 0 Å². The number of nitrogens with zero attached hydrogens (tertiary/aromatic N) is 1. The third-order valence-corrected chi connectivity index (χ3v) is 5.49. The number of carbonyl (C=O) groups is 1. The molecule has 164 valence electrons. The van der Waals surface area contributed by atoms with Gasteiger partial charge in [0.05, 0.1) is 5.56 Å². The Hall–Kier alpha value is -2.54. The minimum Gasteiger partial charge on any atom is -0.398 e. The van der Waals surface area contributed by atoms with Gasteiger partial charge in [-0.3, -0.25) is 4.79 Å². The van der Waals surface area contributed by atoms with Crippen molar-refractivity contribution in [3.05, 3.63) is 58.7 Å². The zero-order valence-corrected chi connectivity index (χ0v) is 17.7. The highest BCUT2D eigenvalue weighted by Crippen LogP contribution is 2.35. The molecule has 2 aromatic carbocycles. The molecule has 0 aliphatic carbocycles. The van der Waals surface area contributed by atoms with Crippen molar-refractivity contribution in [2.45, 2.75) is 32.4 Å². The topological polar surface area (TPSA) is 58.4 Å². The molecule has 2 aromatic rings. The second kappa shape index (κ2) is 10.5. The van der Waals surface area contributed by atoms with Crippen molar-refractivity contribution < 1.29 is 18.0 Å². The molecule has 30 heavy (non-hydrogen) atoms. The molecule has 1 fully saturated rings. The fourth-order valence-electron chi connectivity index (χ4n) is 3.48. The number of anilines is 2. The number of aldehydes is 1. The first-order valence-electron chi connectivity index (χ1n) is 10.0. The monoisotopic (exact) mass is 421 g/mol. The Morgan fingerprint density at radius 2 is 1.83 bits per heavy atom. The predicted octanol–water partition coefficient (Wildman–Crippen LogP) is 5.02. The van der Waals surface area contributed by atoms with Crippen LogP contribution in [0.4, 0.5) is 24.5 Å². The van der Waals surface area contributed by atoms with E-state index in [4.69, 9.17) is 5.73 Å². The summed E-state index contributed by atoms with van der Waals surface area (Å²) in [7, 11) is 3.69. The van der Waals surface area contributed by atoms with Gasteiger partial charge in [-0.1, -0.05) is 18.2 Å². The Bertz CT molecular complexity index is 844. The van der Waals surface area contributed by atoms with Crippen LogP contribution < -0.4 is 11.1 Å². The summed E-state index contributed by atoms with van der Waals surface area (Å²) in [5.41, 5.74) is 8.27. The molecule has 4 nitrogen and oxygen atoms in total. The smallest absolute Gasteiger partial charge is 0.398 e. The van der Waals surface area contributed by atoms with Gasteiger partial charge < -0.3 is 16.0 Å². The van der Waals surface area contributed by atoms with E-state index in [1.807, 2.05) is 13.0 Å². The van der Waals surface area contributed by atoms with Gasteiger partial charge in [-0.05, 0) is 81.6 Å². The van der Waals surface area contributed by atoms with E-state index in [2.05, 4.69) is 17.3 Å². The van der Waals surface area contributed by atoms with Crippen LogP contribution in [0.15, 0.2) is 36.4 Å². The maximum atomic E-state index is 13.1. The summed E-state index contributed by atoms with van der Waals surface area (Å²) < 4.78 is 39.4. The van der Waals surface area contributed by atoms with Crippen LogP contribution in [0.3, 0.4) is 0 Å². The molecule has 1 aliphatic rings. The second-order valence-corrected chi connectivity index (χ2v) is 7.80. The molecule has 1 aliphatic heterocycles. The fourth-order valence-corrected chi connectivity index (χ4v) is 3.48. The summed E-state index contributed by atoms with van der Waals surface area (Å²) in [5.74, 6) is 0.354. The van der Waals surface area contributed by atoms with E-state index >= 15 is 0 Å². The van der Waals surface area contributed by atoms with Crippen LogP contribution in [0.25, 0.3) is 0 Å². The van der Waals surface area contributed by atoms with Gasteiger partial charge in [-0.15, -0.1) is 0 Å². The fraction of sp³-hybridized carbons (Fsp3) is 0.435. The van der Waals surface area contributed by atoms with E-state index < -0.39 is 11.7 Å². The van der Waals surface area contributed by atoms with E-state index in [0.717, 1.165) is 37.8 Å². The molecule has 1 heterocycles. The van der Waals surface area contributed by atoms with Crippen molar-refractivity contribution in [1.29, 1.82) is 0 Å². The lowest BCUT2D eigenvalue weighted by Gasteiger charge is -2.29. The number of rotatable bonds is 4. The first-order valence-corrected chi connectivity index (χ1v) is 10.0. The van der Waals surface area contributed by atoms with Gasteiger partial charge in [0.1, 0.15) is 6.29 Å². The van der Waals surface area contributed by atoms with Crippen LogP contribution in [-0.2, 0) is 12.6 Å². The molecule has 3 rings (SSSR count). The van der Waals surface area contributed by atoms with Crippen LogP contribution in [0, 0.1) is 12.8 Å². The molecule has 0 aromatic heterocycles. The largest absolute Gasteiger partial charge is 0.416 e. The molecule has 0 spiro atoms. The number of hydrogen-bond donors (Lipinski definition) is 2. The number of nitrogen functional groups attached to an aromatic ring is 1. The first-order chi connectivity index (χ1) is 14.1. The summed E-state index contributed by atoms with van der Waals surface area (Å²) in [6.45, 7) is 3.85. The molecule has 3 N–H and O–H groups in total. The summed E-state index contributed by atoms with van der Waals surface area (Å²) in [4.78, 5) is 12.4. The Morgan fingerprint density at radius 1 is 1.17 bits per heavy atom. The zero-order valence-electron chi connectivity index (χ0n) is 17.7. The number of nitrogens with two attached hydrogens (primary N) is 1. The third-order valence-electron chi connectivity index (χ3n) is 5.49. The molecule has 0 unspecified atom stereocenters. The Balaban J connectivity index is 0.000000269. The maximum absolute atomic E-state index is 13.1. The molecule has 0 amide bonds. The SMILES string of the molecule is CNc1ccc(CC2CCN(C)CC2)c(C(F)(F)F)c1.Cc1ccc(C=O)cc1N. The lowest BCUT2D eigenvalue weighted by molar-refractivity contribution is -0.138. The van der Waals surface area contributed by atoms with Crippen molar-refractivity contribution in [1.82, 2.24) is 4.90 Å². The molecule has 0 radical (unpaired) electrons. The summed E-state index contributed by atoms with van der Waals surface area (Å²) in [6, 6.07) is 9.80. The number of hydrogen-bond acceptors (Lipinski definition) is 4. The molecule has 0 saturated carbocycles. The second-order valence-electron chi connectivity index (χ2n) is 7.80. The molecule has 1 saturated heterocycles. The average molecular weight is 422 g/mol. The summed E-state index contributed by atoms with van der Waals surface area (Å²) >= 11 is 0. The number of halogens is 3. The van der Waals surface area contributed by atoms with Crippen LogP contribution in [0.1, 0.15) is 39.9 Å². The van der Waals surface area contributed by atoms with Crippen LogP contribution >= 0.6 is 0 Å². The molecule has 7 heteroatoms. The van der Waals surface area contributed by atoms with E-state index in [-0.39, 0.29) is 0 Å². The Labute approximate surface area is 176 Å². The minimum absolute atomic E-state index is 0.354. The van der Waals surface area contributed by atoms with Gasteiger partial charge in [0.15, 0.2) is 0 Å². The third kappa shape index (κ3) is 6.76. The number of piperidine rings is 1. The van der Waals surface area contributed by atoms with E-state index in [9.17, 15) is 18.0 Å². The van der Waals surface area contributed by atoms with E-state index in [1.54, 1.807) is 31.3 Å². The predicted molar refractivity (Wildman–Crippen MR) is 116 cm³/mol. The van der Waals surface area contributed by atoms with Gasteiger partial charge in [-0.2, -0.15) is 13.2 Å². The standard InChI is InChI=1S/C15H21F3N2.C8H9NO/c1-19-13-4-3-12(14(10-13)15(16,17)18)9-11-5-7-20(2)8-6-11;1-6-2-3-7(5-10)4-8(6)9/h3-4,10-11,19H,5-9H2,1-2H3;2-5H,9H2,1H3. The number of carbonyl (C=O) groups excluding carboxylic acids is 1. The van der Waals surface area contributed by atoms with E-state index in [1.165, 1.54) is 6.07 Å². The summed E-state index contributed by atoms with van der Waals surface area (Å²) in [5, 5.41) is 2.77. The highest BCUT2D eigenvalue weighted by Gasteiger charge is 2.34. The normalized spacial score (nSPS) is 15.3. The number of benzene rings is 2. The molecule has 0 atom stereocenters. The van der Waals surface area contributed by atoms with Crippen molar-refractivity contribution in [2.75, 3.05) is 38.2 Å². The minimum atomic E-state index is -4.28. The van der Waals surface area contributed by atoms with Crippen molar-refractivity contribution >= 4 is 17.7 Å². The highest BCUT2D eigenvalue weighted by atomic mass is 19.4. The Morgan fingerprint density at radius 3 is 2.37 bits per heavy atom. The number of alkyl halides is 3. The number of aryl methyl sites for hydroxylation is 1. The van der Waals surface area contributed by atoms with Crippen molar-refractivity contribution in [2.24, 2.45) is 5.92 Å². The van der Waals surface area contributed by atoms with Gasteiger partial charge in [-0.25, -0.2) is 0 Å².